The predicted molar refractivity (Wildman–Crippen MR) is 43.8 cm³/mol. The van der Waals surface area contributed by atoms with Gasteiger partial charge in [0.15, 0.2) is 0 Å². The molecule has 55 valence electrons. The number of rotatable bonds is 2. The van der Waals surface area contributed by atoms with Crippen molar-refractivity contribution in [3.63, 3.8) is 0 Å². The SMILES string of the molecule is C[C](C)Cn1cccc1C. The molecule has 1 rings (SSSR count). The molecule has 0 aliphatic carbocycles. The molecule has 0 amide bonds. The standard InChI is InChI=1S/C9H14N/c1-8(2)7-10-6-4-5-9(10)3/h4-6H,7H2,1-3H3. The zero-order valence-corrected chi connectivity index (χ0v) is 6.89. The summed E-state index contributed by atoms with van der Waals surface area (Å²) >= 11 is 0. The van der Waals surface area contributed by atoms with Crippen molar-refractivity contribution in [3.8, 4) is 0 Å². The van der Waals surface area contributed by atoms with Gasteiger partial charge >= 0.3 is 0 Å². The second-order valence-electron chi connectivity index (χ2n) is 2.98. The van der Waals surface area contributed by atoms with Crippen LogP contribution in [0.2, 0.25) is 0 Å². The van der Waals surface area contributed by atoms with Crippen molar-refractivity contribution in [1.29, 1.82) is 0 Å². The van der Waals surface area contributed by atoms with Crippen molar-refractivity contribution in [2.45, 2.75) is 27.3 Å². The van der Waals surface area contributed by atoms with Crippen LogP contribution in [0, 0.1) is 12.8 Å². The van der Waals surface area contributed by atoms with Gasteiger partial charge in [0.2, 0.25) is 0 Å². The molecule has 1 nitrogen and oxygen atoms in total. The first-order valence-electron chi connectivity index (χ1n) is 3.61. The van der Waals surface area contributed by atoms with Crippen LogP contribution in [0.4, 0.5) is 0 Å². The van der Waals surface area contributed by atoms with Gasteiger partial charge in [-0.1, -0.05) is 13.8 Å². The van der Waals surface area contributed by atoms with Gasteiger partial charge in [0.1, 0.15) is 0 Å². The van der Waals surface area contributed by atoms with Gasteiger partial charge in [-0.25, -0.2) is 0 Å². The first-order chi connectivity index (χ1) is 4.70. The molecule has 1 heteroatoms. The summed E-state index contributed by atoms with van der Waals surface area (Å²) in [6.45, 7) is 7.49. The summed E-state index contributed by atoms with van der Waals surface area (Å²) in [5, 5.41) is 0. The van der Waals surface area contributed by atoms with E-state index in [4.69, 9.17) is 0 Å². The minimum absolute atomic E-state index is 1.05. The molecular weight excluding hydrogens is 122 g/mol. The second kappa shape index (κ2) is 2.91. The van der Waals surface area contributed by atoms with Gasteiger partial charge in [0.25, 0.3) is 0 Å². The molecule has 1 aromatic rings. The normalized spacial score (nSPS) is 10.8. The molecule has 0 bridgehead atoms. The summed E-state index contributed by atoms with van der Waals surface area (Å²) in [6, 6.07) is 4.21. The molecule has 1 radical (unpaired) electrons. The highest BCUT2D eigenvalue weighted by Crippen LogP contribution is 2.05. The van der Waals surface area contributed by atoms with Crippen LogP contribution in [0.15, 0.2) is 18.3 Å². The van der Waals surface area contributed by atoms with E-state index in [1.807, 2.05) is 0 Å². The molecule has 0 fully saturated rings. The van der Waals surface area contributed by atoms with Crippen molar-refractivity contribution in [2.75, 3.05) is 0 Å². The molecule has 0 N–H and O–H groups in total. The lowest BCUT2D eigenvalue weighted by Crippen LogP contribution is -2.02. The highest BCUT2D eigenvalue weighted by atomic mass is 15.0. The number of aromatic nitrogens is 1. The minimum Gasteiger partial charge on any atom is -0.351 e. The van der Waals surface area contributed by atoms with Crippen molar-refractivity contribution in [1.82, 2.24) is 4.57 Å². The third-order valence-electron chi connectivity index (χ3n) is 1.54. The Labute approximate surface area is 62.7 Å². The monoisotopic (exact) mass is 136 g/mol. The number of hydrogen-bond acceptors (Lipinski definition) is 0. The topological polar surface area (TPSA) is 4.93 Å². The van der Waals surface area contributed by atoms with E-state index < -0.39 is 0 Å². The lowest BCUT2D eigenvalue weighted by molar-refractivity contribution is 0.697. The average molecular weight is 136 g/mol. The fraction of sp³-hybridized carbons (Fsp3) is 0.444. The Hall–Kier alpha value is -0.720. The van der Waals surface area contributed by atoms with E-state index in [9.17, 15) is 0 Å². The molecule has 0 atom stereocenters. The maximum atomic E-state index is 2.25. The van der Waals surface area contributed by atoms with Crippen LogP contribution in [0.3, 0.4) is 0 Å². The van der Waals surface area contributed by atoms with Crippen LogP contribution < -0.4 is 0 Å². The number of hydrogen-bond donors (Lipinski definition) is 0. The van der Waals surface area contributed by atoms with Gasteiger partial charge in [-0.05, 0) is 25.0 Å². The molecule has 10 heavy (non-hydrogen) atoms. The molecular formula is C9H14N. The number of nitrogens with zero attached hydrogens (tertiary/aromatic N) is 1. The van der Waals surface area contributed by atoms with Gasteiger partial charge in [-0.3, -0.25) is 0 Å². The lowest BCUT2D eigenvalue weighted by Gasteiger charge is -2.07. The largest absolute Gasteiger partial charge is 0.351 e. The Kier molecular flexibility index (Phi) is 2.15. The maximum absolute atomic E-state index is 2.25. The van der Waals surface area contributed by atoms with Crippen molar-refractivity contribution in [3.05, 3.63) is 29.9 Å². The van der Waals surface area contributed by atoms with E-state index in [-0.39, 0.29) is 0 Å². The van der Waals surface area contributed by atoms with Crippen molar-refractivity contribution in [2.24, 2.45) is 0 Å². The van der Waals surface area contributed by atoms with Gasteiger partial charge < -0.3 is 4.57 Å². The van der Waals surface area contributed by atoms with Gasteiger partial charge in [0.05, 0.1) is 0 Å². The third-order valence-corrected chi connectivity index (χ3v) is 1.54. The molecule has 0 saturated heterocycles. The Morgan fingerprint density at radius 2 is 2.20 bits per heavy atom. The van der Waals surface area contributed by atoms with Crippen LogP contribution >= 0.6 is 0 Å². The van der Waals surface area contributed by atoms with Crippen molar-refractivity contribution >= 4 is 0 Å². The average Bonchev–Trinajstić information content (AvgIpc) is 2.15. The van der Waals surface area contributed by atoms with E-state index >= 15 is 0 Å². The quantitative estimate of drug-likeness (QED) is 0.588. The smallest absolute Gasteiger partial charge is 0.0279 e. The minimum atomic E-state index is 1.05. The molecule has 0 aliphatic rings. The van der Waals surface area contributed by atoms with Crippen LogP contribution in [0.25, 0.3) is 0 Å². The Balaban J connectivity index is 2.65. The highest BCUT2D eigenvalue weighted by molar-refractivity contribution is 5.05. The maximum Gasteiger partial charge on any atom is 0.0279 e. The Bertz CT molecular complexity index is 198. The van der Waals surface area contributed by atoms with Crippen LogP contribution in [-0.4, -0.2) is 4.57 Å². The molecule has 0 spiro atoms. The number of aryl methyl sites for hydroxylation is 1. The lowest BCUT2D eigenvalue weighted by atomic mass is 10.2. The third kappa shape index (κ3) is 1.63. The summed E-state index contributed by atoms with van der Waals surface area (Å²) in [4.78, 5) is 0. The van der Waals surface area contributed by atoms with Crippen LogP contribution in [0.5, 0.6) is 0 Å². The first kappa shape index (κ1) is 7.39. The molecule has 0 aromatic carbocycles. The second-order valence-corrected chi connectivity index (χ2v) is 2.98. The predicted octanol–water partition coefficient (Wildman–Crippen LogP) is 2.41. The molecule has 0 saturated carbocycles. The first-order valence-corrected chi connectivity index (χ1v) is 3.61. The zero-order valence-electron chi connectivity index (χ0n) is 6.89. The van der Waals surface area contributed by atoms with Gasteiger partial charge in [0, 0.05) is 18.4 Å². The molecule has 0 aliphatic heterocycles. The zero-order chi connectivity index (χ0) is 7.56. The highest BCUT2D eigenvalue weighted by Gasteiger charge is 1.97. The Morgan fingerprint density at radius 1 is 1.50 bits per heavy atom. The van der Waals surface area contributed by atoms with Crippen molar-refractivity contribution < 1.29 is 0 Å². The van der Waals surface area contributed by atoms with Crippen LogP contribution in [-0.2, 0) is 6.54 Å². The van der Waals surface area contributed by atoms with E-state index in [1.54, 1.807) is 0 Å². The summed E-state index contributed by atoms with van der Waals surface area (Å²) in [6.07, 6.45) is 2.11. The summed E-state index contributed by atoms with van der Waals surface area (Å²) in [7, 11) is 0. The molecule has 0 unspecified atom stereocenters. The van der Waals surface area contributed by atoms with E-state index in [0.29, 0.717) is 0 Å². The molecule has 1 heterocycles. The van der Waals surface area contributed by atoms with Gasteiger partial charge in [-0.2, -0.15) is 0 Å². The summed E-state index contributed by atoms with van der Waals surface area (Å²) in [5.74, 6) is 1.44. The van der Waals surface area contributed by atoms with E-state index in [2.05, 4.69) is 43.7 Å². The fourth-order valence-corrected chi connectivity index (χ4v) is 1.02. The van der Waals surface area contributed by atoms with Crippen LogP contribution in [0.1, 0.15) is 19.5 Å². The fourth-order valence-electron chi connectivity index (χ4n) is 1.02. The summed E-state index contributed by atoms with van der Waals surface area (Å²) in [5.41, 5.74) is 1.33. The van der Waals surface area contributed by atoms with Gasteiger partial charge in [-0.15, -0.1) is 0 Å². The molecule has 1 aromatic heterocycles. The Morgan fingerprint density at radius 3 is 2.60 bits per heavy atom. The summed E-state index contributed by atoms with van der Waals surface area (Å²) < 4.78 is 2.25. The van der Waals surface area contributed by atoms with E-state index in [0.717, 1.165) is 6.54 Å². The van der Waals surface area contributed by atoms with E-state index in [1.165, 1.54) is 11.6 Å².